The van der Waals surface area contributed by atoms with Crippen molar-refractivity contribution in [3.8, 4) is 17.1 Å². The van der Waals surface area contributed by atoms with Crippen LogP contribution in [0.2, 0.25) is 0 Å². The molecule has 7 heteroatoms. The maximum absolute atomic E-state index is 11.8. The van der Waals surface area contributed by atoms with E-state index in [1.54, 1.807) is 24.3 Å². The van der Waals surface area contributed by atoms with E-state index in [-0.39, 0.29) is 19.1 Å². The SMILES string of the molecule is Cc1ccccc1-c1noc(COC(=O)COc2ccccc2C=O)n1. The summed E-state index contributed by atoms with van der Waals surface area (Å²) in [6.45, 7) is 1.46. The average Bonchev–Trinajstić information content (AvgIpc) is 3.14. The fourth-order valence-electron chi connectivity index (χ4n) is 2.28. The highest BCUT2D eigenvalue weighted by atomic mass is 16.6. The minimum Gasteiger partial charge on any atom is -0.481 e. The van der Waals surface area contributed by atoms with E-state index in [9.17, 15) is 9.59 Å². The average molecular weight is 352 g/mol. The molecule has 0 atom stereocenters. The molecule has 0 saturated heterocycles. The van der Waals surface area contributed by atoms with E-state index < -0.39 is 5.97 Å². The third-order valence-electron chi connectivity index (χ3n) is 3.60. The molecule has 0 N–H and O–H groups in total. The molecule has 0 spiro atoms. The Balaban J connectivity index is 1.54. The van der Waals surface area contributed by atoms with Crippen molar-refractivity contribution in [3.63, 3.8) is 0 Å². The molecule has 0 aliphatic carbocycles. The fourth-order valence-corrected chi connectivity index (χ4v) is 2.28. The lowest BCUT2D eigenvalue weighted by Gasteiger charge is -2.07. The Labute approximate surface area is 149 Å². The number of carbonyl (C=O) groups is 2. The number of para-hydroxylation sites is 1. The summed E-state index contributed by atoms with van der Waals surface area (Å²) in [5.41, 5.74) is 2.22. The summed E-state index contributed by atoms with van der Waals surface area (Å²) in [5.74, 6) is 0.329. The predicted molar refractivity (Wildman–Crippen MR) is 91.6 cm³/mol. The van der Waals surface area contributed by atoms with Gasteiger partial charge in [-0.2, -0.15) is 4.98 Å². The first kappa shape index (κ1) is 17.3. The van der Waals surface area contributed by atoms with E-state index >= 15 is 0 Å². The molecule has 0 unspecified atom stereocenters. The summed E-state index contributed by atoms with van der Waals surface area (Å²) in [4.78, 5) is 26.9. The first-order valence-corrected chi connectivity index (χ1v) is 7.88. The zero-order valence-electron chi connectivity index (χ0n) is 14.0. The van der Waals surface area contributed by atoms with Crippen molar-refractivity contribution in [1.82, 2.24) is 10.1 Å². The summed E-state index contributed by atoms with van der Waals surface area (Å²) in [5, 5.41) is 3.89. The van der Waals surface area contributed by atoms with Crippen LogP contribution in [0.3, 0.4) is 0 Å². The number of aromatic nitrogens is 2. The topological polar surface area (TPSA) is 91.5 Å². The molecule has 0 amide bonds. The minimum atomic E-state index is -0.610. The van der Waals surface area contributed by atoms with Gasteiger partial charge in [0.05, 0.1) is 5.56 Å². The second-order valence-corrected chi connectivity index (χ2v) is 5.43. The van der Waals surface area contributed by atoms with Gasteiger partial charge in [0.15, 0.2) is 19.5 Å². The van der Waals surface area contributed by atoms with Crippen molar-refractivity contribution in [3.05, 3.63) is 65.5 Å². The Morgan fingerprint density at radius 3 is 2.73 bits per heavy atom. The van der Waals surface area contributed by atoms with Crippen LogP contribution in [0.25, 0.3) is 11.4 Å². The highest BCUT2D eigenvalue weighted by Gasteiger charge is 2.13. The lowest BCUT2D eigenvalue weighted by molar-refractivity contribution is -0.148. The predicted octanol–water partition coefficient (Wildman–Crippen LogP) is 2.98. The number of nitrogens with zero attached hydrogens (tertiary/aromatic N) is 2. The molecule has 3 rings (SSSR count). The smallest absolute Gasteiger partial charge is 0.344 e. The number of rotatable bonds is 7. The van der Waals surface area contributed by atoms with Crippen LogP contribution in [0, 0.1) is 6.92 Å². The van der Waals surface area contributed by atoms with Crippen molar-refractivity contribution in [2.24, 2.45) is 0 Å². The van der Waals surface area contributed by atoms with Crippen molar-refractivity contribution in [2.45, 2.75) is 13.5 Å². The summed E-state index contributed by atoms with van der Waals surface area (Å²) < 4.78 is 15.4. The van der Waals surface area contributed by atoms with E-state index in [0.717, 1.165) is 11.1 Å². The first-order valence-electron chi connectivity index (χ1n) is 7.88. The Kier molecular flexibility index (Phi) is 5.38. The molecule has 0 aliphatic rings. The molecule has 0 fully saturated rings. The van der Waals surface area contributed by atoms with Gasteiger partial charge in [-0.3, -0.25) is 4.79 Å². The number of ether oxygens (including phenoxy) is 2. The number of aldehydes is 1. The van der Waals surface area contributed by atoms with Crippen LogP contribution < -0.4 is 4.74 Å². The lowest BCUT2D eigenvalue weighted by Crippen LogP contribution is -2.15. The molecule has 132 valence electrons. The van der Waals surface area contributed by atoms with Gasteiger partial charge >= 0.3 is 5.97 Å². The van der Waals surface area contributed by atoms with Crippen molar-refractivity contribution < 1.29 is 23.6 Å². The quantitative estimate of drug-likeness (QED) is 0.477. The van der Waals surface area contributed by atoms with Gasteiger partial charge in [-0.15, -0.1) is 0 Å². The minimum absolute atomic E-state index is 0.156. The Morgan fingerprint density at radius 1 is 1.15 bits per heavy atom. The molecular formula is C19H16N2O5. The van der Waals surface area contributed by atoms with Crippen LogP contribution >= 0.6 is 0 Å². The maximum Gasteiger partial charge on any atom is 0.344 e. The van der Waals surface area contributed by atoms with Gasteiger partial charge in [-0.25, -0.2) is 4.79 Å². The van der Waals surface area contributed by atoms with Gasteiger partial charge in [0.1, 0.15) is 5.75 Å². The number of benzene rings is 2. The van der Waals surface area contributed by atoms with Gasteiger partial charge in [0, 0.05) is 5.56 Å². The van der Waals surface area contributed by atoms with Crippen molar-refractivity contribution in [1.29, 1.82) is 0 Å². The van der Waals surface area contributed by atoms with Crippen LogP contribution in [0.5, 0.6) is 5.75 Å². The van der Waals surface area contributed by atoms with Crippen LogP contribution in [0.1, 0.15) is 21.8 Å². The molecule has 2 aromatic carbocycles. The largest absolute Gasteiger partial charge is 0.481 e. The molecule has 0 saturated carbocycles. The summed E-state index contributed by atoms with van der Waals surface area (Å²) in [7, 11) is 0. The van der Waals surface area contributed by atoms with E-state index in [1.165, 1.54) is 0 Å². The van der Waals surface area contributed by atoms with Crippen molar-refractivity contribution >= 4 is 12.3 Å². The Morgan fingerprint density at radius 2 is 1.92 bits per heavy atom. The van der Waals surface area contributed by atoms with Gasteiger partial charge in [0.25, 0.3) is 5.89 Å². The van der Waals surface area contributed by atoms with E-state index in [1.807, 2.05) is 31.2 Å². The second-order valence-electron chi connectivity index (χ2n) is 5.43. The van der Waals surface area contributed by atoms with E-state index in [2.05, 4.69) is 10.1 Å². The van der Waals surface area contributed by atoms with Crippen LogP contribution in [0.15, 0.2) is 53.1 Å². The molecule has 1 heterocycles. The molecule has 1 aromatic heterocycles. The zero-order chi connectivity index (χ0) is 18.4. The molecular weight excluding hydrogens is 336 g/mol. The maximum atomic E-state index is 11.8. The van der Waals surface area contributed by atoms with Crippen LogP contribution in [0.4, 0.5) is 0 Å². The molecule has 7 nitrogen and oxygen atoms in total. The number of carbonyl (C=O) groups excluding carboxylic acids is 2. The van der Waals surface area contributed by atoms with E-state index in [0.29, 0.717) is 23.4 Å². The van der Waals surface area contributed by atoms with Gasteiger partial charge in [-0.1, -0.05) is 41.6 Å². The molecule has 3 aromatic rings. The van der Waals surface area contributed by atoms with Gasteiger partial charge in [-0.05, 0) is 24.6 Å². The summed E-state index contributed by atoms with van der Waals surface area (Å²) >= 11 is 0. The van der Waals surface area contributed by atoms with Gasteiger partial charge < -0.3 is 14.0 Å². The monoisotopic (exact) mass is 352 g/mol. The Hall–Kier alpha value is -3.48. The summed E-state index contributed by atoms with van der Waals surface area (Å²) in [6.07, 6.45) is 0.659. The summed E-state index contributed by atoms with van der Waals surface area (Å²) in [6, 6.07) is 14.2. The van der Waals surface area contributed by atoms with Crippen molar-refractivity contribution in [2.75, 3.05) is 6.61 Å². The Bertz CT molecular complexity index is 920. The number of esters is 1. The third kappa shape index (κ3) is 4.13. The van der Waals surface area contributed by atoms with Crippen LogP contribution in [-0.4, -0.2) is 29.0 Å². The molecule has 26 heavy (non-hydrogen) atoms. The first-order chi connectivity index (χ1) is 12.7. The molecule has 0 radical (unpaired) electrons. The highest BCUT2D eigenvalue weighted by Crippen LogP contribution is 2.20. The third-order valence-corrected chi connectivity index (χ3v) is 3.60. The van der Waals surface area contributed by atoms with Crippen LogP contribution in [-0.2, 0) is 16.1 Å². The normalized spacial score (nSPS) is 10.3. The number of hydrogen-bond acceptors (Lipinski definition) is 7. The highest BCUT2D eigenvalue weighted by molar-refractivity contribution is 5.79. The van der Waals surface area contributed by atoms with Gasteiger partial charge in [0.2, 0.25) is 5.82 Å². The fraction of sp³-hybridized carbons (Fsp3) is 0.158. The van der Waals surface area contributed by atoms with E-state index in [4.69, 9.17) is 14.0 Å². The second kappa shape index (κ2) is 8.06. The number of hydrogen-bond donors (Lipinski definition) is 0. The molecule has 0 aliphatic heterocycles. The standard InChI is InChI=1S/C19H16N2O5/c1-13-6-2-4-8-15(13)19-20-17(26-21-19)11-25-18(23)12-24-16-9-5-3-7-14(16)10-22/h2-10H,11-12H2,1H3. The zero-order valence-corrected chi connectivity index (χ0v) is 14.0. The number of aryl methyl sites for hydroxylation is 1. The lowest BCUT2D eigenvalue weighted by atomic mass is 10.1. The molecule has 0 bridgehead atoms.